The molecule has 2 amide bonds. The molecule has 2 aliphatic heterocycles. The highest BCUT2D eigenvalue weighted by molar-refractivity contribution is 5.90. The molecule has 56 heavy (non-hydrogen) atoms. The van der Waals surface area contributed by atoms with E-state index in [2.05, 4.69) is 80.8 Å². The lowest BCUT2D eigenvalue weighted by Crippen LogP contribution is -2.36. The average molecular weight is 750 g/mol. The molecule has 2 unspecified atom stereocenters. The highest BCUT2D eigenvalue weighted by atomic mass is 16.6. The first-order valence-electron chi connectivity index (χ1n) is 19.2. The van der Waals surface area contributed by atoms with Gasteiger partial charge in [-0.25, -0.2) is 19.6 Å². The van der Waals surface area contributed by atoms with E-state index in [-0.39, 0.29) is 18.2 Å². The van der Waals surface area contributed by atoms with Crippen molar-refractivity contribution in [3.8, 4) is 33.6 Å². The van der Waals surface area contributed by atoms with Crippen LogP contribution >= 0.6 is 0 Å². The minimum absolute atomic E-state index is 0.0523. The molecule has 11 nitrogen and oxygen atoms in total. The molecule has 8 rings (SSSR count). The molecule has 286 valence electrons. The number of H-pyrrole nitrogens is 2. The summed E-state index contributed by atoms with van der Waals surface area (Å²) < 4.78 is 10.6. The molecule has 0 radical (unpaired) electrons. The van der Waals surface area contributed by atoms with Crippen LogP contribution < -0.4 is 5.32 Å². The van der Waals surface area contributed by atoms with Crippen LogP contribution in [0.15, 0.2) is 110 Å². The van der Waals surface area contributed by atoms with Crippen LogP contribution in [-0.2, 0) is 9.47 Å². The van der Waals surface area contributed by atoms with Crippen molar-refractivity contribution < 1.29 is 19.1 Å². The number of hydrogen-bond donors (Lipinski definition) is 3. The molecule has 4 heterocycles. The van der Waals surface area contributed by atoms with Crippen molar-refractivity contribution in [2.45, 2.75) is 64.1 Å². The molecule has 2 aliphatic rings. The molecule has 2 saturated heterocycles. The van der Waals surface area contributed by atoms with Crippen molar-refractivity contribution >= 4 is 28.7 Å². The smallest absolute Gasteiger partial charge is 0.411 e. The molecular weight excluding hydrogens is 703 g/mol. The number of fused-ring (bicyclic) bond motifs is 1. The first-order chi connectivity index (χ1) is 27.1. The summed E-state index contributed by atoms with van der Waals surface area (Å²) in [4.78, 5) is 45.6. The maximum atomic E-state index is 12.9. The number of benzene rings is 4. The van der Waals surface area contributed by atoms with Gasteiger partial charge in [0.25, 0.3) is 0 Å². The quantitative estimate of drug-likeness (QED) is 0.141. The molecule has 4 aromatic carbocycles. The zero-order chi connectivity index (χ0) is 38.8. The number of aromatic nitrogens is 4. The number of hydrogen-bond acceptors (Lipinski definition) is 7. The number of aromatic amines is 2. The number of imidazole rings is 2. The molecule has 0 spiro atoms. The van der Waals surface area contributed by atoms with E-state index in [4.69, 9.17) is 19.4 Å². The van der Waals surface area contributed by atoms with E-state index in [0.29, 0.717) is 12.2 Å². The molecule has 2 atom stereocenters. The Balaban J connectivity index is 0.954. The van der Waals surface area contributed by atoms with Crippen LogP contribution in [0.25, 0.3) is 50.1 Å². The van der Waals surface area contributed by atoms with Crippen molar-refractivity contribution in [2.75, 3.05) is 20.2 Å². The molecule has 0 aliphatic carbocycles. The first-order valence-corrected chi connectivity index (χ1v) is 19.2. The standard InChI is InChI=1S/C45H47N7O4/c1-45(2,3)56-44(54)52-23-9-13-40(52)42-47-27-37(49-42)35-21-20-33-24-32(18-19-34(33)25-35)29-14-16-31(17-15-29)36-26-46-41(48-36)39-12-8-22-51(39)28-38(50-43(53)55-4)30-10-6-5-7-11-30/h5-7,10-11,14-21,24-28,39-40H,8-9,12-13,22-23H2,1-4H3,(H,46,48)(H,47,49)(H,50,53). The van der Waals surface area contributed by atoms with Crippen LogP contribution in [0.1, 0.15) is 75.8 Å². The number of alkyl carbamates (subject to hydrolysis) is 1. The van der Waals surface area contributed by atoms with Crippen LogP contribution in [0.5, 0.6) is 0 Å². The Morgan fingerprint density at radius 1 is 0.750 bits per heavy atom. The summed E-state index contributed by atoms with van der Waals surface area (Å²) in [7, 11) is 1.37. The van der Waals surface area contributed by atoms with Crippen molar-refractivity contribution in [1.82, 2.24) is 35.1 Å². The molecule has 6 aromatic rings. The van der Waals surface area contributed by atoms with Gasteiger partial charge in [-0.1, -0.05) is 78.9 Å². The van der Waals surface area contributed by atoms with Gasteiger partial charge >= 0.3 is 12.2 Å². The van der Waals surface area contributed by atoms with Gasteiger partial charge in [0.15, 0.2) is 0 Å². The number of rotatable bonds is 8. The van der Waals surface area contributed by atoms with Gasteiger partial charge in [0.1, 0.15) is 17.2 Å². The summed E-state index contributed by atoms with van der Waals surface area (Å²) in [5, 5.41) is 5.16. The lowest BCUT2D eigenvalue weighted by molar-refractivity contribution is 0.0218. The van der Waals surface area contributed by atoms with Crippen LogP contribution in [0.2, 0.25) is 0 Å². The Hall–Kier alpha value is -6.36. The Bertz CT molecular complexity index is 2380. The van der Waals surface area contributed by atoms with E-state index in [0.717, 1.165) is 93.9 Å². The summed E-state index contributed by atoms with van der Waals surface area (Å²) >= 11 is 0. The van der Waals surface area contributed by atoms with Gasteiger partial charge < -0.3 is 24.3 Å². The predicted octanol–water partition coefficient (Wildman–Crippen LogP) is 9.85. The predicted molar refractivity (Wildman–Crippen MR) is 218 cm³/mol. The summed E-state index contributed by atoms with van der Waals surface area (Å²) in [6, 6.07) is 31.2. The number of methoxy groups -OCH3 is 1. The number of nitrogens with zero attached hydrogens (tertiary/aromatic N) is 4. The number of carbonyl (C=O) groups excluding carboxylic acids is 2. The molecule has 2 fully saturated rings. The van der Waals surface area contributed by atoms with Gasteiger partial charge in [0.2, 0.25) is 0 Å². The zero-order valence-corrected chi connectivity index (χ0v) is 32.2. The zero-order valence-electron chi connectivity index (χ0n) is 32.2. The Morgan fingerprint density at radius 3 is 2.04 bits per heavy atom. The molecule has 3 N–H and O–H groups in total. The fourth-order valence-corrected chi connectivity index (χ4v) is 7.69. The third-order valence-corrected chi connectivity index (χ3v) is 10.5. The molecule has 0 bridgehead atoms. The number of ether oxygens (including phenoxy) is 2. The van der Waals surface area contributed by atoms with Crippen LogP contribution in [-0.4, -0.2) is 67.7 Å². The van der Waals surface area contributed by atoms with Crippen LogP contribution in [0, 0.1) is 0 Å². The molecular formula is C45H47N7O4. The highest BCUT2D eigenvalue weighted by Crippen LogP contribution is 2.36. The van der Waals surface area contributed by atoms with Crippen LogP contribution in [0.4, 0.5) is 9.59 Å². The lowest BCUT2D eigenvalue weighted by Gasteiger charge is -2.27. The van der Waals surface area contributed by atoms with Crippen molar-refractivity contribution in [1.29, 1.82) is 0 Å². The van der Waals surface area contributed by atoms with Gasteiger partial charge in [0, 0.05) is 24.9 Å². The van der Waals surface area contributed by atoms with Gasteiger partial charge in [-0.2, -0.15) is 0 Å². The monoisotopic (exact) mass is 749 g/mol. The summed E-state index contributed by atoms with van der Waals surface area (Å²) in [6.07, 6.45) is 8.68. The molecule has 2 aromatic heterocycles. The van der Waals surface area contributed by atoms with Crippen molar-refractivity contribution in [3.63, 3.8) is 0 Å². The largest absolute Gasteiger partial charge is 0.453 e. The summed E-state index contributed by atoms with van der Waals surface area (Å²) in [6.45, 7) is 7.18. The molecule has 0 saturated carbocycles. The highest BCUT2D eigenvalue weighted by Gasteiger charge is 2.35. The average Bonchev–Trinajstić information content (AvgIpc) is 4.04. The van der Waals surface area contributed by atoms with Crippen molar-refractivity contribution in [3.05, 3.63) is 127 Å². The number of nitrogens with one attached hydrogen (secondary N) is 3. The number of likely N-dealkylation sites (tertiary alicyclic amines) is 2. The Labute approximate surface area is 326 Å². The van der Waals surface area contributed by atoms with E-state index in [1.54, 1.807) is 4.90 Å². The second-order valence-corrected chi connectivity index (χ2v) is 15.5. The minimum Gasteiger partial charge on any atom is -0.453 e. The second kappa shape index (κ2) is 15.4. The summed E-state index contributed by atoms with van der Waals surface area (Å²) in [5.74, 6) is 1.68. The molecule has 11 heteroatoms. The first kappa shape index (κ1) is 36.6. The fraction of sp³-hybridized carbons (Fsp3) is 0.289. The van der Waals surface area contributed by atoms with Crippen molar-refractivity contribution in [2.24, 2.45) is 0 Å². The van der Waals surface area contributed by atoms with E-state index < -0.39 is 11.7 Å². The van der Waals surface area contributed by atoms with Gasteiger partial charge in [-0.05, 0) is 91.6 Å². The van der Waals surface area contributed by atoms with Crippen LogP contribution in [0.3, 0.4) is 0 Å². The van der Waals surface area contributed by atoms with Gasteiger partial charge in [-0.15, -0.1) is 0 Å². The Morgan fingerprint density at radius 2 is 1.34 bits per heavy atom. The normalized spacial score (nSPS) is 17.4. The second-order valence-electron chi connectivity index (χ2n) is 15.5. The SMILES string of the molecule is COC(=O)NC(=CN1CCCC1c1ncc(-c2ccc(-c3ccc4cc(-c5cnc(C6CCCN6C(=O)OC(C)(C)C)[nH]5)ccc4c3)cc2)[nH]1)c1ccccc1. The Kier molecular flexibility index (Phi) is 10.1. The maximum Gasteiger partial charge on any atom is 0.411 e. The van der Waals surface area contributed by atoms with Gasteiger partial charge in [0.05, 0.1) is 48.7 Å². The third kappa shape index (κ3) is 7.89. The maximum absolute atomic E-state index is 12.9. The van der Waals surface area contributed by atoms with E-state index >= 15 is 0 Å². The van der Waals surface area contributed by atoms with E-state index in [9.17, 15) is 9.59 Å². The fourth-order valence-electron chi connectivity index (χ4n) is 7.69. The van der Waals surface area contributed by atoms with E-state index in [1.165, 1.54) is 7.11 Å². The lowest BCUT2D eigenvalue weighted by atomic mass is 9.98. The number of amides is 2. The topological polar surface area (TPSA) is 128 Å². The summed E-state index contributed by atoms with van der Waals surface area (Å²) in [5.41, 5.74) is 7.28. The third-order valence-electron chi connectivity index (χ3n) is 10.5. The van der Waals surface area contributed by atoms with Gasteiger partial charge in [-0.3, -0.25) is 10.2 Å². The number of carbonyl (C=O) groups is 2. The van der Waals surface area contributed by atoms with E-state index in [1.807, 2.05) is 69.7 Å². The minimum atomic E-state index is -0.544.